The van der Waals surface area contributed by atoms with E-state index in [1.807, 2.05) is 6.92 Å². The summed E-state index contributed by atoms with van der Waals surface area (Å²) in [6.45, 7) is 4.97. The SMILES string of the molecule is Cc1ccc(CN(C)[C@H](C)C(=O)NC23CC4CC(CC(C4)C2)C3)cc1. The van der Waals surface area contributed by atoms with Crippen LogP contribution in [0.25, 0.3) is 0 Å². The number of nitrogens with zero attached hydrogens (tertiary/aromatic N) is 1. The quantitative estimate of drug-likeness (QED) is 0.882. The van der Waals surface area contributed by atoms with E-state index in [-0.39, 0.29) is 17.5 Å². The average Bonchev–Trinajstić information content (AvgIpc) is 2.54. The molecule has 25 heavy (non-hydrogen) atoms. The molecule has 0 radical (unpaired) electrons. The zero-order valence-electron chi connectivity index (χ0n) is 15.9. The first-order valence-corrected chi connectivity index (χ1v) is 10.0. The smallest absolute Gasteiger partial charge is 0.237 e. The molecule has 0 heterocycles. The molecule has 5 rings (SSSR count). The maximum atomic E-state index is 13.0. The first-order valence-electron chi connectivity index (χ1n) is 10.0. The third kappa shape index (κ3) is 3.48. The number of carbonyl (C=O) groups is 1. The molecule has 3 heteroatoms. The third-order valence-corrected chi connectivity index (χ3v) is 7.02. The van der Waals surface area contributed by atoms with Crippen molar-refractivity contribution in [3.8, 4) is 0 Å². The summed E-state index contributed by atoms with van der Waals surface area (Å²) in [6, 6.07) is 8.52. The van der Waals surface area contributed by atoms with E-state index in [0.29, 0.717) is 0 Å². The summed E-state index contributed by atoms with van der Waals surface area (Å²) < 4.78 is 0. The van der Waals surface area contributed by atoms with Gasteiger partial charge in [0.25, 0.3) is 0 Å². The Morgan fingerprint density at radius 1 is 1.12 bits per heavy atom. The highest BCUT2D eigenvalue weighted by molar-refractivity contribution is 5.82. The van der Waals surface area contributed by atoms with Crippen LogP contribution in [-0.2, 0) is 11.3 Å². The van der Waals surface area contributed by atoms with Crippen molar-refractivity contribution in [3.05, 3.63) is 35.4 Å². The predicted molar refractivity (Wildman–Crippen MR) is 101 cm³/mol. The van der Waals surface area contributed by atoms with Crippen LogP contribution in [-0.4, -0.2) is 29.4 Å². The lowest BCUT2D eigenvalue weighted by atomic mass is 9.53. The fourth-order valence-corrected chi connectivity index (χ4v) is 5.95. The highest BCUT2D eigenvalue weighted by Crippen LogP contribution is 2.55. The number of likely N-dealkylation sites (N-methyl/N-ethyl adjacent to an activating group) is 1. The van der Waals surface area contributed by atoms with Crippen molar-refractivity contribution < 1.29 is 4.79 Å². The highest BCUT2D eigenvalue weighted by Gasteiger charge is 2.51. The van der Waals surface area contributed by atoms with Crippen molar-refractivity contribution in [2.24, 2.45) is 17.8 Å². The Morgan fingerprint density at radius 3 is 2.16 bits per heavy atom. The van der Waals surface area contributed by atoms with Crippen LogP contribution >= 0.6 is 0 Å². The molecule has 4 aliphatic rings. The van der Waals surface area contributed by atoms with E-state index in [2.05, 4.69) is 48.5 Å². The second kappa shape index (κ2) is 6.42. The van der Waals surface area contributed by atoms with Gasteiger partial charge in [0.05, 0.1) is 6.04 Å². The molecule has 3 nitrogen and oxygen atoms in total. The maximum absolute atomic E-state index is 13.0. The molecule has 0 aromatic heterocycles. The van der Waals surface area contributed by atoms with Crippen LogP contribution in [0.4, 0.5) is 0 Å². The van der Waals surface area contributed by atoms with Gasteiger partial charge in [-0.3, -0.25) is 9.69 Å². The molecule has 1 amide bonds. The van der Waals surface area contributed by atoms with E-state index >= 15 is 0 Å². The number of carbonyl (C=O) groups excluding carboxylic acids is 1. The summed E-state index contributed by atoms with van der Waals surface area (Å²) in [7, 11) is 2.06. The summed E-state index contributed by atoms with van der Waals surface area (Å²) in [5, 5.41) is 3.52. The molecule has 0 spiro atoms. The second-order valence-electron chi connectivity index (χ2n) is 9.26. The van der Waals surface area contributed by atoms with Crippen molar-refractivity contribution in [3.63, 3.8) is 0 Å². The summed E-state index contributed by atoms with van der Waals surface area (Å²) in [4.78, 5) is 15.1. The van der Waals surface area contributed by atoms with Gasteiger partial charge in [-0.1, -0.05) is 29.8 Å². The number of rotatable bonds is 5. The van der Waals surface area contributed by atoms with Crippen molar-refractivity contribution in [1.82, 2.24) is 10.2 Å². The lowest BCUT2D eigenvalue weighted by Gasteiger charge is -2.57. The van der Waals surface area contributed by atoms with E-state index in [1.54, 1.807) is 0 Å². The number of hydrogen-bond donors (Lipinski definition) is 1. The van der Waals surface area contributed by atoms with E-state index in [9.17, 15) is 4.79 Å². The Balaban J connectivity index is 1.38. The molecule has 136 valence electrons. The first kappa shape index (κ1) is 17.1. The summed E-state index contributed by atoms with van der Waals surface area (Å²) in [6.07, 6.45) is 7.91. The minimum absolute atomic E-state index is 0.0886. The van der Waals surface area contributed by atoms with Gasteiger partial charge in [-0.2, -0.15) is 0 Å². The molecule has 0 unspecified atom stereocenters. The first-order chi connectivity index (χ1) is 11.9. The molecule has 1 atom stereocenters. The van der Waals surface area contributed by atoms with Gasteiger partial charge in [0.15, 0.2) is 0 Å². The third-order valence-electron chi connectivity index (χ3n) is 7.02. The molecule has 4 aliphatic carbocycles. The number of nitrogens with one attached hydrogen (secondary N) is 1. The minimum atomic E-state index is -0.0886. The molecule has 1 aromatic carbocycles. The fourth-order valence-electron chi connectivity index (χ4n) is 5.95. The number of amides is 1. The van der Waals surface area contributed by atoms with Gasteiger partial charge in [0, 0.05) is 12.1 Å². The van der Waals surface area contributed by atoms with Crippen LogP contribution in [0, 0.1) is 24.7 Å². The predicted octanol–water partition coefficient (Wildman–Crippen LogP) is 3.90. The van der Waals surface area contributed by atoms with E-state index in [0.717, 1.165) is 24.3 Å². The Hall–Kier alpha value is -1.35. The Morgan fingerprint density at radius 2 is 1.64 bits per heavy atom. The highest BCUT2D eigenvalue weighted by atomic mass is 16.2. The molecule has 0 aliphatic heterocycles. The van der Waals surface area contributed by atoms with Gasteiger partial charge in [0.1, 0.15) is 0 Å². The zero-order chi connectivity index (χ0) is 17.6. The second-order valence-corrected chi connectivity index (χ2v) is 9.26. The average molecular weight is 341 g/mol. The topological polar surface area (TPSA) is 32.3 Å². The lowest BCUT2D eigenvalue weighted by molar-refractivity contribution is -0.131. The van der Waals surface area contributed by atoms with Crippen LogP contribution in [0.2, 0.25) is 0 Å². The molecular formula is C22H32N2O. The number of hydrogen-bond acceptors (Lipinski definition) is 2. The molecule has 4 fully saturated rings. The molecule has 1 N–H and O–H groups in total. The Bertz CT molecular complexity index is 601. The van der Waals surface area contributed by atoms with Gasteiger partial charge in [0.2, 0.25) is 5.91 Å². The van der Waals surface area contributed by atoms with E-state index in [4.69, 9.17) is 0 Å². The number of benzene rings is 1. The van der Waals surface area contributed by atoms with Gasteiger partial charge in [-0.05, 0) is 82.7 Å². The monoisotopic (exact) mass is 340 g/mol. The summed E-state index contributed by atoms with van der Waals surface area (Å²) in [5.74, 6) is 2.82. The standard InChI is InChI=1S/C22H32N2O/c1-15-4-6-17(7-5-15)14-24(3)16(2)21(25)23-22-11-18-8-19(12-22)10-20(9-18)13-22/h4-7,16,18-20H,8-14H2,1-3H3,(H,23,25)/t16-,18?,19?,20?,22?/m1/s1. The van der Waals surface area contributed by atoms with E-state index < -0.39 is 0 Å². The molecular weight excluding hydrogens is 308 g/mol. The normalized spacial score (nSPS) is 34.3. The fraction of sp³-hybridized carbons (Fsp3) is 0.682. The molecule has 1 aromatic rings. The molecule has 0 saturated heterocycles. The lowest BCUT2D eigenvalue weighted by Crippen LogP contribution is -2.62. The van der Waals surface area contributed by atoms with Crippen LogP contribution in [0.15, 0.2) is 24.3 Å². The molecule has 4 saturated carbocycles. The number of aryl methyl sites for hydroxylation is 1. The van der Waals surface area contributed by atoms with Crippen molar-refractivity contribution >= 4 is 5.91 Å². The largest absolute Gasteiger partial charge is 0.349 e. The summed E-state index contributed by atoms with van der Waals surface area (Å²) in [5.41, 5.74) is 2.66. The van der Waals surface area contributed by atoms with Crippen LogP contribution in [0.5, 0.6) is 0 Å². The molecule has 4 bridgehead atoms. The Labute approximate surface area is 152 Å². The van der Waals surface area contributed by atoms with Gasteiger partial charge >= 0.3 is 0 Å². The van der Waals surface area contributed by atoms with Crippen LogP contribution in [0.3, 0.4) is 0 Å². The summed E-state index contributed by atoms with van der Waals surface area (Å²) >= 11 is 0. The van der Waals surface area contributed by atoms with Crippen molar-refractivity contribution in [2.75, 3.05) is 7.05 Å². The van der Waals surface area contributed by atoms with E-state index in [1.165, 1.54) is 49.7 Å². The minimum Gasteiger partial charge on any atom is -0.349 e. The zero-order valence-corrected chi connectivity index (χ0v) is 15.9. The van der Waals surface area contributed by atoms with Gasteiger partial charge < -0.3 is 5.32 Å². The Kier molecular flexibility index (Phi) is 4.39. The van der Waals surface area contributed by atoms with Crippen molar-refractivity contribution in [1.29, 1.82) is 0 Å². The van der Waals surface area contributed by atoms with Crippen LogP contribution in [0.1, 0.15) is 56.6 Å². The maximum Gasteiger partial charge on any atom is 0.237 e. The van der Waals surface area contributed by atoms with Crippen molar-refractivity contribution in [2.45, 2.75) is 70.5 Å². The van der Waals surface area contributed by atoms with Gasteiger partial charge in [-0.25, -0.2) is 0 Å². The van der Waals surface area contributed by atoms with Gasteiger partial charge in [-0.15, -0.1) is 0 Å². The van der Waals surface area contributed by atoms with Crippen LogP contribution < -0.4 is 5.32 Å².